The van der Waals surface area contributed by atoms with Crippen LogP contribution < -0.4 is 16.4 Å². The van der Waals surface area contributed by atoms with Crippen molar-refractivity contribution in [2.24, 2.45) is 0 Å². The SMILES string of the molecule is CCNNNCC(SC)N(C)C. The summed E-state index contributed by atoms with van der Waals surface area (Å²) in [4.78, 5) is 2.19. The monoisotopic (exact) mass is 192 g/mol. The zero-order valence-corrected chi connectivity index (χ0v) is 9.16. The molecule has 3 N–H and O–H groups in total. The van der Waals surface area contributed by atoms with Crippen molar-refractivity contribution in [2.45, 2.75) is 12.3 Å². The lowest BCUT2D eigenvalue weighted by Gasteiger charge is -2.22. The maximum absolute atomic E-state index is 3.10. The molecule has 0 heterocycles. The quantitative estimate of drug-likeness (QED) is 0.297. The van der Waals surface area contributed by atoms with Crippen molar-refractivity contribution >= 4 is 11.8 Å². The van der Waals surface area contributed by atoms with Gasteiger partial charge in [0.25, 0.3) is 0 Å². The highest BCUT2D eigenvalue weighted by Crippen LogP contribution is 2.06. The van der Waals surface area contributed by atoms with Gasteiger partial charge in [0.2, 0.25) is 0 Å². The van der Waals surface area contributed by atoms with Crippen LogP contribution in [0.5, 0.6) is 0 Å². The average Bonchev–Trinajstić information content (AvgIpc) is 2.04. The number of nitrogens with one attached hydrogen (secondary N) is 3. The largest absolute Gasteiger partial charge is 0.297 e. The number of likely N-dealkylation sites (N-methyl/N-ethyl adjacent to an activating group) is 1. The molecule has 0 aliphatic carbocycles. The molecular weight excluding hydrogens is 172 g/mol. The first-order valence-electron chi connectivity index (χ1n) is 4.12. The van der Waals surface area contributed by atoms with Gasteiger partial charge in [-0.05, 0) is 20.4 Å². The van der Waals surface area contributed by atoms with E-state index in [1.807, 2.05) is 18.7 Å². The second kappa shape index (κ2) is 7.82. The Bertz CT molecular complexity index is 99.4. The summed E-state index contributed by atoms with van der Waals surface area (Å²) in [6, 6.07) is 0. The molecule has 0 aromatic heterocycles. The fraction of sp³-hybridized carbons (Fsp3) is 1.00. The molecule has 0 radical (unpaired) electrons. The number of hydrazine groups is 2. The lowest BCUT2D eigenvalue weighted by Crippen LogP contribution is -2.48. The summed E-state index contributed by atoms with van der Waals surface area (Å²) >= 11 is 1.83. The van der Waals surface area contributed by atoms with E-state index in [1.165, 1.54) is 0 Å². The molecule has 1 unspecified atom stereocenters. The van der Waals surface area contributed by atoms with Crippen LogP contribution in [-0.4, -0.2) is 43.7 Å². The standard InChI is InChI=1S/C7H20N4S/c1-5-8-10-9-6-7(12-4)11(2)3/h7-10H,5-6H2,1-4H3. The number of hydrogen-bond donors (Lipinski definition) is 3. The highest BCUT2D eigenvalue weighted by molar-refractivity contribution is 7.99. The maximum Gasteiger partial charge on any atom is 0.0690 e. The van der Waals surface area contributed by atoms with Gasteiger partial charge in [0.1, 0.15) is 0 Å². The van der Waals surface area contributed by atoms with Gasteiger partial charge in [0, 0.05) is 13.1 Å². The van der Waals surface area contributed by atoms with E-state index in [0.717, 1.165) is 13.1 Å². The molecule has 0 amide bonds. The Morgan fingerprint density at radius 2 is 2.00 bits per heavy atom. The molecule has 12 heavy (non-hydrogen) atoms. The second-order valence-corrected chi connectivity index (χ2v) is 3.71. The summed E-state index contributed by atoms with van der Waals surface area (Å²) in [6.07, 6.45) is 2.11. The summed E-state index contributed by atoms with van der Waals surface area (Å²) < 4.78 is 0. The molecule has 0 saturated carbocycles. The summed E-state index contributed by atoms with van der Waals surface area (Å²) in [5.74, 6) is 0. The predicted octanol–water partition coefficient (Wildman–Crippen LogP) is -0.144. The van der Waals surface area contributed by atoms with Gasteiger partial charge in [-0.3, -0.25) is 4.90 Å². The van der Waals surface area contributed by atoms with E-state index in [4.69, 9.17) is 0 Å². The highest BCUT2D eigenvalue weighted by atomic mass is 32.2. The maximum atomic E-state index is 3.10. The van der Waals surface area contributed by atoms with Crippen molar-refractivity contribution in [3.05, 3.63) is 0 Å². The molecule has 0 rings (SSSR count). The summed E-state index contributed by atoms with van der Waals surface area (Å²) in [6.45, 7) is 3.88. The van der Waals surface area contributed by atoms with Gasteiger partial charge in [-0.2, -0.15) is 5.53 Å². The molecular formula is C7H20N4S. The van der Waals surface area contributed by atoms with Crippen molar-refractivity contribution < 1.29 is 0 Å². The lowest BCUT2D eigenvalue weighted by molar-refractivity contribution is 0.339. The minimum absolute atomic E-state index is 0.510. The summed E-state index contributed by atoms with van der Waals surface area (Å²) in [5, 5.41) is 0.510. The van der Waals surface area contributed by atoms with Gasteiger partial charge >= 0.3 is 0 Å². The Hall–Kier alpha value is 0.190. The van der Waals surface area contributed by atoms with Gasteiger partial charge in [0.05, 0.1) is 5.37 Å². The molecule has 0 spiro atoms. The first-order valence-corrected chi connectivity index (χ1v) is 5.41. The first kappa shape index (κ1) is 12.2. The molecule has 0 aliphatic rings. The van der Waals surface area contributed by atoms with Crippen LogP contribution in [0.4, 0.5) is 0 Å². The van der Waals surface area contributed by atoms with Gasteiger partial charge < -0.3 is 0 Å². The van der Waals surface area contributed by atoms with Crippen LogP contribution in [0.15, 0.2) is 0 Å². The van der Waals surface area contributed by atoms with Crippen molar-refractivity contribution in [3.8, 4) is 0 Å². The van der Waals surface area contributed by atoms with E-state index >= 15 is 0 Å². The Morgan fingerprint density at radius 1 is 1.33 bits per heavy atom. The van der Waals surface area contributed by atoms with E-state index in [0.29, 0.717) is 5.37 Å². The van der Waals surface area contributed by atoms with Crippen molar-refractivity contribution in [1.29, 1.82) is 0 Å². The normalized spacial score (nSPS) is 13.8. The first-order chi connectivity index (χ1) is 5.72. The molecule has 0 fully saturated rings. The van der Waals surface area contributed by atoms with Crippen LogP contribution in [0.2, 0.25) is 0 Å². The molecule has 0 aromatic carbocycles. The third kappa shape index (κ3) is 5.79. The van der Waals surface area contributed by atoms with Crippen LogP contribution in [0.25, 0.3) is 0 Å². The fourth-order valence-electron chi connectivity index (χ4n) is 0.766. The van der Waals surface area contributed by atoms with Gasteiger partial charge in [0.15, 0.2) is 0 Å². The number of rotatable bonds is 7. The number of thioether (sulfide) groups is 1. The van der Waals surface area contributed by atoms with Crippen molar-refractivity contribution in [3.63, 3.8) is 0 Å². The van der Waals surface area contributed by atoms with Crippen LogP contribution >= 0.6 is 11.8 Å². The van der Waals surface area contributed by atoms with Gasteiger partial charge in [-0.15, -0.1) is 11.8 Å². The summed E-state index contributed by atoms with van der Waals surface area (Å²) in [5.41, 5.74) is 8.99. The van der Waals surface area contributed by atoms with Crippen LogP contribution in [0.3, 0.4) is 0 Å². The Kier molecular flexibility index (Phi) is 7.94. The Morgan fingerprint density at radius 3 is 2.42 bits per heavy atom. The fourth-order valence-corrected chi connectivity index (χ4v) is 1.44. The number of nitrogens with zero attached hydrogens (tertiary/aromatic N) is 1. The third-order valence-corrected chi connectivity index (χ3v) is 2.61. The molecule has 1 atom stereocenters. The summed E-state index contributed by atoms with van der Waals surface area (Å²) in [7, 11) is 4.16. The third-order valence-electron chi connectivity index (χ3n) is 1.48. The van der Waals surface area contributed by atoms with E-state index in [1.54, 1.807) is 0 Å². The second-order valence-electron chi connectivity index (χ2n) is 2.69. The molecule has 0 aromatic rings. The minimum Gasteiger partial charge on any atom is -0.297 e. The Labute approximate surface area is 79.4 Å². The Balaban J connectivity index is 3.32. The average molecular weight is 192 g/mol. The molecule has 74 valence electrons. The predicted molar refractivity (Wildman–Crippen MR) is 55.8 cm³/mol. The molecule has 0 bridgehead atoms. The highest BCUT2D eigenvalue weighted by Gasteiger charge is 2.07. The van der Waals surface area contributed by atoms with E-state index < -0.39 is 0 Å². The van der Waals surface area contributed by atoms with E-state index in [-0.39, 0.29) is 0 Å². The van der Waals surface area contributed by atoms with E-state index in [2.05, 4.69) is 41.6 Å². The van der Waals surface area contributed by atoms with Gasteiger partial charge in [-0.25, -0.2) is 10.9 Å². The molecule has 0 saturated heterocycles. The molecule has 4 nitrogen and oxygen atoms in total. The van der Waals surface area contributed by atoms with Crippen molar-refractivity contribution in [1.82, 2.24) is 21.3 Å². The zero-order valence-electron chi connectivity index (χ0n) is 8.35. The molecule has 0 aliphatic heterocycles. The zero-order chi connectivity index (χ0) is 9.40. The topological polar surface area (TPSA) is 39.3 Å². The smallest absolute Gasteiger partial charge is 0.0690 e. The lowest BCUT2D eigenvalue weighted by atomic mass is 10.6. The van der Waals surface area contributed by atoms with E-state index in [9.17, 15) is 0 Å². The van der Waals surface area contributed by atoms with Crippen molar-refractivity contribution in [2.75, 3.05) is 33.4 Å². The molecule has 5 heteroatoms. The van der Waals surface area contributed by atoms with Crippen LogP contribution in [0.1, 0.15) is 6.92 Å². The minimum atomic E-state index is 0.510. The van der Waals surface area contributed by atoms with Gasteiger partial charge in [-0.1, -0.05) is 6.92 Å². The van der Waals surface area contributed by atoms with Crippen LogP contribution in [0, 0.1) is 0 Å². The van der Waals surface area contributed by atoms with Crippen LogP contribution in [-0.2, 0) is 0 Å². The number of hydrogen-bond acceptors (Lipinski definition) is 5.